The first kappa shape index (κ1) is 17.3. The zero-order valence-corrected chi connectivity index (χ0v) is 14.5. The summed E-state index contributed by atoms with van der Waals surface area (Å²) in [4.78, 5) is 0. The molecular weight excluding hydrogens is 246 g/mol. The first-order chi connectivity index (χ1) is 7.93. The maximum atomic E-state index is 6.37. The van der Waals surface area contributed by atoms with E-state index < -0.39 is 16.6 Å². The van der Waals surface area contributed by atoms with E-state index in [2.05, 4.69) is 34.2 Å². The smallest absolute Gasteiger partial charge is 0.335 e. The van der Waals surface area contributed by atoms with Gasteiger partial charge < -0.3 is 14.6 Å². The summed E-state index contributed by atoms with van der Waals surface area (Å²) in [6.07, 6.45) is 1.10. The van der Waals surface area contributed by atoms with Crippen molar-refractivity contribution in [1.29, 1.82) is 0 Å². The number of rotatable bonds is 9. The molecule has 104 valence electrons. The van der Waals surface area contributed by atoms with Gasteiger partial charge in [-0.1, -0.05) is 52.2 Å². The average molecular weight is 278 g/mol. The van der Waals surface area contributed by atoms with Gasteiger partial charge in [0.2, 0.25) is 0 Å². The van der Waals surface area contributed by atoms with E-state index in [9.17, 15) is 0 Å². The Balaban J connectivity index is 4.73. The molecule has 0 aromatic rings. The monoisotopic (exact) mass is 277 g/mol. The van der Waals surface area contributed by atoms with Gasteiger partial charge >= 0.3 is 8.56 Å². The van der Waals surface area contributed by atoms with Gasteiger partial charge in [0, 0.05) is 7.11 Å². The van der Waals surface area contributed by atoms with Crippen LogP contribution in [0.25, 0.3) is 0 Å². The molecular formula is C12H31NO2Si2. The van der Waals surface area contributed by atoms with Gasteiger partial charge in [0.25, 0.3) is 0 Å². The summed E-state index contributed by atoms with van der Waals surface area (Å²) in [5.41, 5.74) is 6.37. The van der Waals surface area contributed by atoms with Crippen molar-refractivity contribution in [3.05, 3.63) is 0 Å². The Labute approximate surface area is 109 Å². The lowest BCUT2D eigenvalue weighted by Crippen LogP contribution is -2.58. The lowest BCUT2D eigenvalue weighted by molar-refractivity contribution is 0.178. The van der Waals surface area contributed by atoms with Crippen LogP contribution >= 0.6 is 0 Å². The minimum atomic E-state index is -2.04. The molecule has 0 radical (unpaired) electrons. The highest BCUT2D eigenvalue weighted by molar-refractivity contribution is 6.81. The third-order valence-electron chi connectivity index (χ3n) is 4.23. The summed E-state index contributed by atoms with van der Waals surface area (Å²) in [5.74, 6) is -0.0642. The quantitative estimate of drug-likeness (QED) is 0.518. The van der Waals surface area contributed by atoms with Crippen molar-refractivity contribution < 1.29 is 8.85 Å². The second kappa shape index (κ2) is 7.68. The molecule has 0 aliphatic carbocycles. The summed E-state index contributed by atoms with van der Waals surface area (Å²) < 4.78 is 11.9. The highest BCUT2D eigenvalue weighted by Gasteiger charge is 2.41. The Morgan fingerprint density at radius 2 is 1.53 bits per heavy atom. The van der Waals surface area contributed by atoms with Gasteiger partial charge in [-0.2, -0.15) is 0 Å². The van der Waals surface area contributed by atoms with Crippen molar-refractivity contribution in [3.63, 3.8) is 0 Å². The standard InChI is InChI=1S/C12H31NO2Si2/c1-7-11-16(6,14-5)15-12(13)17(8-2,9-3)10-4/h12H,7-11,13H2,1-6H3. The Bertz CT molecular complexity index is 204. The predicted molar refractivity (Wildman–Crippen MR) is 80.0 cm³/mol. The second-order valence-corrected chi connectivity index (χ2v) is 13.9. The topological polar surface area (TPSA) is 44.5 Å². The van der Waals surface area contributed by atoms with E-state index in [4.69, 9.17) is 14.6 Å². The Morgan fingerprint density at radius 3 is 1.82 bits per heavy atom. The van der Waals surface area contributed by atoms with Crippen molar-refractivity contribution in [1.82, 2.24) is 0 Å². The van der Waals surface area contributed by atoms with Gasteiger partial charge in [-0.05, 0) is 12.6 Å². The normalized spacial score (nSPS) is 17.8. The van der Waals surface area contributed by atoms with Crippen LogP contribution in [0.4, 0.5) is 0 Å². The highest BCUT2D eigenvalue weighted by Crippen LogP contribution is 2.27. The molecule has 0 bridgehead atoms. The fourth-order valence-corrected chi connectivity index (χ4v) is 8.73. The fourth-order valence-electron chi connectivity index (χ4n) is 2.41. The van der Waals surface area contributed by atoms with E-state index in [0.29, 0.717) is 0 Å². The zero-order valence-electron chi connectivity index (χ0n) is 12.5. The SMILES string of the molecule is CCC[Si](C)(OC)OC(N)[Si](CC)(CC)CC. The Morgan fingerprint density at radius 1 is 1.06 bits per heavy atom. The molecule has 0 aromatic carbocycles. The largest absolute Gasteiger partial charge is 0.398 e. The van der Waals surface area contributed by atoms with Crippen LogP contribution in [0.5, 0.6) is 0 Å². The van der Waals surface area contributed by atoms with Crippen molar-refractivity contribution in [2.24, 2.45) is 5.73 Å². The molecule has 0 fully saturated rings. The molecule has 0 amide bonds. The number of nitrogens with two attached hydrogens (primary N) is 1. The average Bonchev–Trinajstić information content (AvgIpc) is 2.32. The lowest BCUT2D eigenvalue weighted by Gasteiger charge is -2.39. The van der Waals surface area contributed by atoms with Crippen LogP contribution < -0.4 is 5.73 Å². The summed E-state index contributed by atoms with van der Waals surface area (Å²) in [6.45, 7) is 11.1. The maximum Gasteiger partial charge on any atom is 0.335 e. The molecule has 0 spiro atoms. The van der Waals surface area contributed by atoms with Gasteiger partial charge in [0.05, 0.1) is 5.85 Å². The summed E-state index contributed by atoms with van der Waals surface area (Å²) >= 11 is 0. The van der Waals surface area contributed by atoms with Crippen LogP contribution in [0, 0.1) is 0 Å². The summed E-state index contributed by atoms with van der Waals surface area (Å²) in [5, 5.41) is 0. The molecule has 0 saturated heterocycles. The molecule has 17 heavy (non-hydrogen) atoms. The van der Waals surface area contributed by atoms with E-state index in [-0.39, 0.29) is 5.85 Å². The first-order valence-corrected chi connectivity index (χ1v) is 12.1. The molecule has 2 unspecified atom stereocenters. The molecule has 0 aliphatic rings. The van der Waals surface area contributed by atoms with Crippen LogP contribution in [0.15, 0.2) is 0 Å². The molecule has 5 heteroatoms. The van der Waals surface area contributed by atoms with E-state index in [1.165, 1.54) is 18.1 Å². The van der Waals surface area contributed by atoms with Crippen molar-refractivity contribution >= 4 is 16.6 Å². The van der Waals surface area contributed by atoms with Crippen LogP contribution in [0.3, 0.4) is 0 Å². The van der Waals surface area contributed by atoms with Crippen molar-refractivity contribution in [2.75, 3.05) is 7.11 Å². The minimum absolute atomic E-state index is 0.0642. The molecule has 0 heterocycles. The van der Waals surface area contributed by atoms with Gasteiger partial charge in [-0.3, -0.25) is 0 Å². The predicted octanol–water partition coefficient (Wildman–Crippen LogP) is 3.46. The maximum absolute atomic E-state index is 6.37. The molecule has 3 nitrogen and oxygen atoms in total. The first-order valence-electron chi connectivity index (χ1n) is 6.92. The van der Waals surface area contributed by atoms with Crippen molar-refractivity contribution in [2.45, 2.75) is 70.7 Å². The van der Waals surface area contributed by atoms with Crippen LogP contribution in [0.1, 0.15) is 34.1 Å². The van der Waals surface area contributed by atoms with Gasteiger partial charge in [-0.25, -0.2) is 0 Å². The third-order valence-corrected chi connectivity index (χ3v) is 13.0. The van der Waals surface area contributed by atoms with Gasteiger partial charge in [0.1, 0.15) is 8.07 Å². The van der Waals surface area contributed by atoms with Crippen LogP contribution in [-0.2, 0) is 8.85 Å². The van der Waals surface area contributed by atoms with Gasteiger partial charge in [-0.15, -0.1) is 0 Å². The molecule has 0 aromatic heterocycles. The summed E-state index contributed by atoms with van der Waals surface area (Å²) in [6, 6.07) is 4.61. The summed E-state index contributed by atoms with van der Waals surface area (Å²) in [7, 11) is -1.74. The van der Waals surface area contributed by atoms with E-state index in [1.54, 1.807) is 7.11 Å². The van der Waals surface area contributed by atoms with E-state index >= 15 is 0 Å². The molecule has 2 N–H and O–H groups in total. The minimum Gasteiger partial charge on any atom is -0.398 e. The van der Waals surface area contributed by atoms with Crippen LogP contribution in [0.2, 0.25) is 30.7 Å². The Hall–Kier alpha value is 0.314. The third kappa shape index (κ3) is 4.48. The molecule has 0 rings (SSSR count). The molecule has 2 atom stereocenters. The van der Waals surface area contributed by atoms with E-state index in [0.717, 1.165) is 12.5 Å². The molecule has 0 saturated carbocycles. The van der Waals surface area contributed by atoms with Gasteiger partial charge in [0.15, 0.2) is 0 Å². The fraction of sp³-hybridized carbons (Fsp3) is 1.00. The Kier molecular flexibility index (Phi) is 7.83. The zero-order chi connectivity index (χ0) is 13.5. The lowest BCUT2D eigenvalue weighted by atomic mass is 10.6. The molecule has 0 aliphatic heterocycles. The number of hydrogen-bond acceptors (Lipinski definition) is 3. The number of hydrogen-bond donors (Lipinski definition) is 1. The van der Waals surface area contributed by atoms with Crippen molar-refractivity contribution in [3.8, 4) is 0 Å². The second-order valence-electron chi connectivity index (χ2n) is 5.05. The highest BCUT2D eigenvalue weighted by atomic mass is 28.4. The van der Waals surface area contributed by atoms with Crippen LogP contribution in [-0.4, -0.2) is 29.6 Å². The van der Waals surface area contributed by atoms with E-state index in [1.807, 2.05) is 0 Å².